The molecule has 7 rings (SSSR count). The Bertz CT molecular complexity index is 1530. The first-order valence-electron chi connectivity index (χ1n) is 12.4. The number of nitrogens with one attached hydrogen (secondary N) is 2. The molecule has 11 heteroatoms. The van der Waals surface area contributed by atoms with Crippen LogP contribution < -0.4 is 5.32 Å². The lowest BCUT2D eigenvalue weighted by atomic mass is 9.61. The first-order chi connectivity index (χ1) is 18.2. The van der Waals surface area contributed by atoms with Gasteiger partial charge in [0.1, 0.15) is 17.3 Å². The van der Waals surface area contributed by atoms with Crippen molar-refractivity contribution in [2.24, 2.45) is 17.8 Å². The van der Waals surface area contributed by atoms with Gasteiger partial charge in [-0.3, -0.25) is 4.79 Å². The highest BCUT2D eigenvalue weighted by molar-refractivity contribution is 5.92. The van der Waals surface area contributed by atoms with E-state index in [1.807, 2.05) is 0 Å². The molecule has 3 aromatic heterocycles. The fourth-order valence-corrected chi connectivity index (χ4v) is 5.99. The molecule has 0 spiro atoms. The Morgan fingerprint density at radius 3 is 2.55 bits per heavy atom. The molecule has 3 fully saturated rings. The topological polar surface area (TPSA) is 104 Å². The number of aromatic nitrogens is 4. The first kappa shape index (κ1) is 24.3. The van der Waals surface area contributed by atoms with Gasteiger partial charge >= 0.3 is 12.1 Å². The highest BCUT2D eigenvalue weighted by atomic mass is 19.4. The number of halogens is 4. The monoisotopic (exact) mass is 525 g/mol. The van der Waals surface area contributed by atoms with E-state index in [0.717, 1.165) is 44.0 Å². The molecule has 3 saturated carbocycles. The van der Waals surface area contributed by atoms with Gasteiger partial charge in [0.2, 0.25) is 0 Å². The number of alkyl halides is 3. The summed E-state index contributed by atoms with van der Waals surface area (Å²) >= 11 is 0. The number of carbonyl (C=O) groups is 1. The predicted octanol–water partition coefficient (Wildman–Crippen LogP) is 6.15. The zero-order chi connectivity index (χ0) is 26.6. The molecular weight excluding hydrogens is 502 g/mol. The van der Waals surface area contributed by atoms with Crippen LogP contribution in [-0.4, -0.2) is 37.1 Å². The number of anilines is 1. The number of fused-ring (bicyclic) bond motifs is 4. The third kappa shape index (κ3) is 4.35. The van der Waals surface area contributed by atoms with Gasteiger partial charge in [-0.2, -0.15) is 13.2 Å². The van der Waals surface area contributed by atoms with Crippen molar-refractivity contribution in [3.05, 3.63) is 60.2 Å². The summed E-state index contributed by atoms with van der Waals surface area (Å²) in [4.78, 5) is 28.3. The van der Waals surface area contributed by atoms with Crippen LogP contribution in [0.2, 0.25) is 0 Å². The minimum Gasteiger partial charge on any atom is -0.481 e. The van der Waals surface area contributed by atoms with Gasteiger partial charge in [0.05, 0.1) is 23.4 Å². The Labute approximate surface area is 214 Å². The summed E-state index contributed by atoms with van der Waals surface area (Å²) < 4.78 is 54.3. The number of aliphatic carboxylic acids is 1. The standard InChI is InChI=1S/C27H23F4N5O2/c28-17-9-18-19(12-33-24(18)32-11-17)25-34-20(15-2-1-3-16(8-15)27(29,30)31)10-21(36-25)35-23-14-6-4-13(5-7-14)22(23)26(37)38/h1-3,8-14,22-23H,4-7H2,(H,32,33)(H,37,38)(H,34,35,36). The number of pyridine rings is 1. The van der Waals surface area contributed by atoms with Crippen LogP contribution in [0.4, 0.5) is 23.4 Å². The summed E-state index contributed by atoms with van der Waals surface area (Å²) in [6.07, 6.45) is 1.61. The number of rotatable bonds is 5. The molecule has 38 heavy (non-hydrogen) atoms. The Kier molecular flexibility index (Phi) is 5.81. The second-order valence-corrected chi connectivity index (χ2v) is 10.0. The molecule has 2 atom stereocenters. The molecule has 0 saturated heterocycles. The van der Waals surface area contributed by atoms with E-state index in [9.17, 15) is 27.5 Å². The van der Waals surface area contributed by atoms with Crippen LogP contribution in [0.25, 0.3) is 33.7 Å². The normalized spacial score (nSPS) is 23.1. The lowest BCUT2D eigenvalue weighted by Crippen LogP contribution is -2.51. The van der Waals surface area contributed by atoms with Crippen LogP contribution in [0.1, 0.15) is 31.2 Å². The Morgan fingerprint density at radius 1 is 1.05 bits per heavy atom. The molecule has 3 N–H and O–H groups in total. The van der Waals surface area contributed by atoms with Crippen molar-refractivity contribution in [2.45, 2.75) is 37.9 Å². The highest BCUT2D eigenvalue weighted by Gasteiger charge is 2.47. The number of H-pyrrole nitrogens is 1. The van der Waals surface area contributed by atoms with Crippen molar-refractivity contribution in [2.75, 3.05) is 5.32 Å². The zero-order valence-corrected chi connectivity index (χ0v) is 20.0. The first-order valence-corrected chi connectivity index (χ1v) is 12.4. The maximum Gasteiger partial charge on any atom is 0.416 e. The van der Waals surface area contributed by atoms with Gasteiger partial charge in [-0.15, -0.1) is 0 Å². The van der Waals surface area contributed by atoms with Gasteiger partial charge in [0.25, 0.3) is 0 Å². The molecule has 3 heterocycles. The second kappa shape index (κ2) is 9.07. The van der Waals surface area contributed by atoms with Gasteiger partial charge in [0.15, 0.2) is 5.82 Å². The average Bonchev–Trinajstić information content (AvgIpc) is 3.31. The Hall–Kier alpha value is -4.02. The fraction of sp³-hybridized carbons (Fsp3) is 0.333. The molecule has 4 aromatic rings. The van der Waals surface area contributed by atoms with Gasteiger partial charge in [0, 0.05) is 34.8 Å². The smallest absolute Gasteiger partial charge is 0.416 e. The largest absolute Gasteiger partial charge is 0.481 e. The molecule has 0 amide bonds. The lowest BCUT2D eigenvalue weighted by molar-refractivity contribution is -0.148. The Morgan fingerprint density at radius 2 is 1.82 bits per heavy atom. The van der Waals surface area contributed by atoms with Gasteiger partial charge in [-0.25, -0.2) is 19.3 Å². The predicted molar refractivity (Wildman–Crippen MR) is 132 cm³/mol. The number of hydrogen-bond donors (Lipinski definition) is 3. The molecule has 3 aliphatic rings. The summed E-state index contributed by atoms with van der Waals surface area (Å²) in [5.41, 5.74) is 0.438. The van der Waals surface area contributed by atoms with Crippen LogP contribution in [0.15, 0.2) is 48.8 Å². The highest BCUT2D eigenvalue weighted by Crippen LogP contribution is 2.46. The van der Waals surface area contributed by atoms with Crippen LogP contribution in [-0.2, 0) is 11.0 Å². The molecule has 0 aliphatic heterocycles. The summed E-state index contributed by atoms with van der Waals surface area (Å²) in [7, 11) is 0. The van der Waals surface area contributed by atoms with Crippen LogP contribution in [0, 0.1) is 23.6 Å². The summed E-state index contributed by atoms with van der Waals surface area (Å²) in [5.74, 6) is -1.39. The van der Waals surface area contributed by atoms with E-state index in [0.29, 0.717) is 22.4 Å². The molecule has 196 valence electrons. The van der Waals surface area contributed by atoms with E-state index in [1.54, 1.807) is 6.20 Å². The maximum absolute atomic E-state index is 14.0. The summed E-state index contributed by atoms with van der Waals surface area (Å²) in [6.45, 7) is 0. The minimum absolute atomic E-state index is 0.0573. The number of benzene rings is 1. The van der Waals surface area contributed by atoms with E-state index in [4.69, 9.17) is 0 Å². The zero-order valence-electron chi connectivity index (χ0n) is 20.0. The number of hydrogen-bond acceptors (Lipinski definition) is 5. The molecule has 2 unspecified atom stereocenters. The van der Waals surface area contributed by atoms with Crippen molar-refractivity contribution < 1.29 is 27.5 Å². The van der Waals surface area contributed by atoms with Crippen molar-refractivity contribution in [3.8, 4) is 22.6 Å². The van der Waals surface area contributed by atoms with Gasteiger partial charge in [-0.05, 0) is 55.7 Å². The molecule has 7 nitrogen and oxygen atoms in total. The summed E-state index contributed by atoms with van der Waals surface area (Å²) in [6, 6.07) is 7.25. The molecular formula is C27H23F4N5O2. The van der Waals surface area contributed by atoms with E-state index in [1.165, 1.54) is 24.3 Å². The van der Waals surface area contributed by atoms with E-state index < -0.39 is 29.4 Å². The van der Waals surface area contributed by atoms with E-state index in [-0.39, 0.29) is 35.0 Å². The van der Waals surface area contributed by atoms with Crippen molar-refractivity contribution in [1.82, 2.24) is 19.9 Å². The van der Waals surface area contributed by atoms with E-state index in [2.05, 4.69) is 25.3 Å². The van der Waals surface area contributed by atoms with Gasteiger partial charge in [-0.1, -0.05) is 12.1 Å². The number of carboxylic acid groups (broad SMARTS) is 1. The summed E-state index contributed by atoms with van der Waals surface area (Å²) in [5, 5.41) is 13.7. The van der Waals surface area contributed by atoms with Crippen molar-refractivity contribution >= 4 is 22.8 Å². The fourth-order valence-electron chi connectivity index (χ4n) is 5.99. The number of nitrogens with zero attached hydrogens (tertiary/aromatic N) is 3. The van der Waals surface area contributed by atoms with Crippen molar-refractivity contribution in [1.29, 1.82) is 0 Å². The lowest BCUT2D eigenvalue weighted by Gasteiger charge is -2.47. The average molecular weight is 526 g/mol. The van der Waals surface area contributed by atoms with Gasteiger partial charge < -0.3 is 15.4 Å². The molecule has 1 aromatic carbocycles. The maximum atomic E-state index is 14.0. The number of carboxylic acids is 1. The van der Waals surface area contributed by atoms with E-state index >= 15 is 0 Å². The third-order valence-corrected chi connectivity index (χ3v) is 7.77. The SMILES string of the molecule is O=C(O)C1C2CCC(CC2)C1Nc1cc(-c2cccc(C(F)(F)F)c2)nc(-c2c[nH]c3ncc(F)cc23)n1. The second-order valence-electron chi connectivity index (χ2n) is 10.0. The molecule has 3 aliphatic carbocycles. The van der Waals surface area contributed by atoms with Crippen LogP contribution in [0.3, 0.4) is 0 Å². The molecule has 0 radical (unpaired) electrons. The van der Waals surface area contributed by atoms with Crippen molar-refractivity contribution in [3.63, 3.8) is 0 Å². The quantitative estimate of drug-likeness (QED) is 0.270. The minimum atomic E-state index is -4.54. The van der Waals surface area contributed by atoms with Crippen LogP contribution in [0.5, 0.6) is 0 Å². The Balaban J connectivity index is 1.48. The number of aromatic amines is 1. The third-order valence-electron chi connectivity index (χ3n) is 7.77. The molecule has 2 bridgehead atoms. The van der Waals surface area contributed by atoms with Crippen LogP contribution >= 0.6 is 0 Å².